The first-order chi connectivity index (χ1) is 10.9. The van der Waals surface area contributed by atoms with Crippen LogP contribution in [0.3, 0.4) is 0 Å². The fraction of sp³-hybridized carbons (Fsp3) is 0.200. The standard InChI is InChI=1S/C20H20S2/c1-2-7-17(8-3-1)11-12-20-18-9-6-10-19(20)16-22-14-5-4-13-21-15-18/h1-12H,13-16H2/b5-4+,12-11+. The molecule has 0 saturated heterocycles. The Balaban J connectivity index is 1.91. The minimum Gasteiger partial charge on any atom is -0.153 e. The summed E-state index contributed by atoms with van der Waals surface area (Å²) in [7, 11) is 0. The van der Waals surface area contributed by atoms with Gasteiger partial charge >= 0.3 is 0 Å². The highest BCUT2D eigenvalue weighted by Gasteiger charge is 2.07. The van der Waals surface area contributed by atoms with Crippen LogP contribution in [0.5, 0.6) is 0 Å². The highest BCUT2D eigenvalue weighted by atomic mass is 32.2. The molecule has 0 nitrogen and oxygen atoms in total. The van der Waals surface area contributed by atoms with E-state index in [1.165, 1.54) is 22.3 Å². The van der Waals surface area contributed by atoms with Crippen molar-refractivity contribution >= 4 is 35.7 Å². The SMILES string of the molecule is C1=C/CSCc2cccc(c2/C=C/c2ccccc2)CSC/1. The van der Waals surface area contributed by atoms with Crippen LogP contribution in [0.2, 0.25) is 0 Å². The van der Waals surface area contributed by atoms with Gasteiger partial charge in [0.25, 0.3) is 0 Å². The average Bonchev–Trinajstić information content (AvgIpc) is 2.58. The first-order valence-electron chi connectivity index (χ1n) is 7.58. The van der Waals surface area contributed by atoms with E-state index in [1.807, 2.05) is 23.5 Å². The first kappa shape index (κ1) is 15.5. The largest absolute Gasteiger partial charge is 0.153 e. The van der Waals surface area contributed by atoms with Gasteiger partial charge < -0.3 is 0 Å². The molecular weight excluding hydrogens is 304 g/mol. The summed E-state index contributed by atoms with van der Waals surface area (Å²) in [6.45, 7) is 0. The summed E-state index contributed by atoms with van der Waals surface area (Å²) >= 11 is 3.98. The summed E-state index contributed by atoms with van der Waals surface area (Å²) in [5.41, 5.74) is 5.57. The molecule has 2 heteroatoms. The van der Waals surface area contributed by atoms with Crippen molar-refractivity contribution in [2.75, 3.05) is 11.5 Å². The maximum Gasteiger partial charge on any atom is 0.0193 e. The molecule has 0 unspecified atom stereocenters. The van der Waals surface area contributed by atoms with E-state index in [0.29, 0.717) is 0 Å². The molecule has 1 aliphatic rings. The van der Waals surface area contributed by atoms with Gasteiger partial charge in [-0.15, -0.1) is 0 Å². The molecule has 1 heterocycles. The first-order valence-corrected chi connectivity index (χ1v) is 9.89. The van der Waals surface area contributed by atoms with Crippen LogP contribution in [0.15, 0.2) is 60.7 Å². The van der Waals surface area contributed by atoms with Crippen molar-refractivity contribution in [2.45, 2.75) is 11.5 Å². The molecule has 22 heavy (non-hydrogen) atoms. The van der Waals surface area contributed by atoms with Gasteiger partial charge in [0.15, 0.2) is 0 Å². The number of fused-ring (bicyclic) bond motifs is 2. The molecule has 0 spiro atoms. The average molecular weight is 325 g/mol. The fourth-order valence-corrected chi connectivity index (χ4v) is 4.21. The molecule has 0 amide bonds. The van der Waals surface area contributed by atoms with Crippen LogP contribution in [0, 0.1) is 0 Å². The number of benzene rings is 2. The third kappa shape index (κ3) is 4.31. The fourth-order valence-electron chi connectivity index (χ4n) is 2.49. The third-order valence-corrected chi connectivity index (χ3v) is 5.53. The van der Waals surface area contributed by atoms with Crippen LogP contribution in [0.1, 0.15) is 22.3 Å². The lowest BCUT2D eigenvalue weighted by atomic mass is 10.0. The van der Waals surface area contributed by atoms with Crippen LogP contribution in [-0.2, 0) is 11.5 Å². The molecule has 1 aliphatic heterocycles. The number of hydrogen-bond acceptors (Lipinski definition) is 2. The van der Waals surface area contributed by atoms with Crippen LogP contribution in [0.4, 0.5) is 0 Å². The number of rotatable bonds is 2. The van der Waals surface area contributed by atoms with Crippen LogP contribution < -0.4 is 0 Å². The second kappa shape index (κ2) is 8.30. The molecule has 112 valence electrons. The maximum absolute atomic E-state index is 2.30. The number of thioether (sulfide) groups is 2. The predicted octanol–water partition coefficient (Wildman–Crippen LogP) is 5.89. The van der Waals surface area contributed by atoms with Gasteiger partial charge in [0, 0.05) is 23.0 Å². The van der Waals surface area contributed by atoms with Crippen molar-refractivity contribution in [1.29, 1.82) is 0 Å². The summed E-state index contributed by atoms with van der Waals surface area (Å²) in [5, 5.41) is 0. The second-order valence-corrected chi connectivity index (χ2v) is 7.30. The smallest absolute Gasteiger partial charge is 0.0193 e. The molecule has 0 fully saturated rings. The summed E-state index contributed by atoms with van der Waals surface area (Å²) in [5.74, 6) is 4.37. The monoisotopic (exact) mass is 324 g/mol. The van der Waals surface area contributed by atoms with Crippen molar-refractivity contribution in [3.05, 3.63) is 82.9 Å². The highest BCUT2D eigenvalue weighted by molar-refractivity contribution is 7.99. The molecule has 0 atom stereocenters. The van der Waals surface area contributed by atoms with Gasteiger partial charge in [0.2, 0.25) is 0 Å². The Bertz CT molecular complexity index is 626. The van der Waals surface area contributed by atoms with Gasteiger partial charge in [0.1, 0.15) is 0 Å². The van der Waals surface area contributed by atoms with E-state index in [0.717, 1.165) is 23.0 Å². The van der Waals surface area contributed by atoms with Crippen molar-refractivity contribution < 1.29 is 0 Å². The van der Waals surface area contributed by atoms with E-state index in [2.05, 4.69) is 72.8 Å². The summed E-state index contributed by atoms with van der Waals surface area (Å²) in [4.78, 5) is 0. The molecule has 0 saturated carbocycles. The molecule has 2 bridgehead atoms. The van der Waals surface area contributed by atoms with Gasteiger partial charge in [-0.2, -0.15) is 23.5 Å². The minimum absolute atomic E-state index is 1.08. The lowest BCUT2D eigenvalue weighted by molar-refractivity contribution is 1.31. The zero-order chi connectivity index (χ0) is 15.0. The normalized spacial score (nSPS) is 17.1. The van der Waals surface area contributed by atoms with Crippen LogP contribution in [0.25, 0.3) is 12.2 Å². The zero-order valence-electron chi connectivity index (χ0n) is 12.6. The van der Waals surface area contributed by atoms with E-state index in [-0.39, 0.29) is 0 Å². The minimum atomic E-state index is 1.08. The Morgan fingerprint density at radius 3 is 1.95 bits per heavy atom. The Kier molecular flexibility index (Phi) is 5.86. The Hall–Kier alpha value is -1.38. The Labute approximate surface area is 141 Å². The third-order valence-electron chi connectivity index (χ3n) is 3.64. The summed E-state index contributed by atoms with van der Waals surface area (Å²) in [6.07, 6.45) is 9.12. The van der Waals surface area contributed by atoms with E-state index in [1.54, 1.807) is 0 Å². The summed E-state index contributed by atoms with van der Waals surface area (Å²) < 4.78 is 0. The van der Waals surface area contributed by atoms with Crippen molar-refractivity contribution in [1.82, 2.24) is 0 Å². The molecule has 0 aliphatic carbocycles. The quantitative estimate of drug-likeness (QED) is 0.499. The van der Waals surface area contributed by atoms with Gasteiger partial charge in [-0.3, -0.25) is 0 Å². The van der Waals surface area contributed by atoms with E-state index in [9.17, 15) is 0 Å². The van der Waals surface area contributed by atoms with E-state index >= 15 is 0 Å². The Morgan fingerprint density at radius 2 is 1.32 bits per heavy atom. The molecule has 0 radical (unpaired) electrons. The molecule has 3 rings (SSSR count). The maximum atomic E-state index is 2.30. The van der Waals surface area contributed by atoms with Crippen molar-refractivity contribution in [3.63, 3.8) is 0 Å². The predicted molar refractivity (Wildman–Crippen MR) is 103 cm³/mol. The van der Waals surface area contributed by atoms with Gasteiger partial charge in [0.05, 0.1) is 0 Å². The highest BCUT2D eigenvalue weighted by Crippen LogP contribution is 2.26. The summed E-state index contributed by atoms with van der Waals surface area (Å²) in [6, 6.07) is 17.3. The molecule has 2 aromatic carbocycles. The van der Waals surface area contributed by atoms with Crippen molar-refractivity contribution in [2.24, 2.45) is 0 Å². The zero-order valence-corrected chi connectivity index (χ0v) is 14.2. The molecular formula is C20H20S2. The molecule has 0 aromatic heterocycles. The van der Waals surface area contributed by atoms with Crippen molar-refractivity contribution in [3.8, 4) is 0 Å². The molecule has 2 aromatic rings. The van der Waals surface area contributed by atoms with Gasteiger partial charge in [-0.05, 0) is 22.3 Å². The number of hydrogen-bond donors (Lipinski definition) is 0. The van der Waals surface area contributed by atoms with Crippen LogP contribution >= 0.6 is 23.5 Å². The lowest BCUT2D eigenvalue weighted by Crippen LogP contribution is -1.93. The van der Waals surface area contributed by atoms with Crippen LogP contribution in [-0.4, -0.2) is 11.5 Å². The topological polar surface area (TPSA) is 0 Å². The van der Waals surface area contributed by atoms with Gasteiger partial charge in [-0.25, -0.2) is 0 Å². The second-order valence-electron chi connectivity index (χ2n) is 5.24. The Morgan fingerprint density at radius 1 is 0.682 bits per heavy atom. The van der Waals surface area contributed by atoms with E-state index in [4.69, 9.17) is 0 Å². The van der Waals surface area contributed by atoms with Gasteiger partial charge in [-0.1, -0.05) is 72.8 Å². The lowest BCUT2D eigenvalue weighted by Gasteiger charge is -2.11. The molecule has 0 N–H and O–H groups in total. The van der Waals surface area contributed by atoms with E-state index < -0.39 is 0 Å².